The molecule has 12 heavy (non-hydrogen) atoms. The number of hydrogen-bond donors (Lipinski definition) is 0. The van der Waals surface area contributed by atoms with E-state index in [1.165, 1.54) is 24.0 Å². The standard InChI is InChI=1S/C9H19N.CH3.Y/c1-5-9-7-10(3,4)6-8(9)2;;/h8-9H,2,5-7H2,1,3-4H3;1H3;/q;-1;. The van der Waals surface area contributed by atoms with Crippen molar-refractivity contribution in [1.29, 1.82) is 0 Å². The fourth-order valence-electron chi connectivity index (χ4n) is 2.10. The molecule has 1 nitrogen and oxygen atoms in total. The molecular weight excluding hydrogens is 223 g/mol. The molecule has 1 saturated heterocycles. The van der Waals surface area contributed by atoms with Gasteiger partial charge in [-0.25, -0.2) is 0 Å². The van der Waals surface area contributed by atoms with E-state index in [9.17, 15) is 0 Å². The van der Waals surface area contributed by atoms with E-state index < -0.39 is 0 Å². The maximum Gasteiger partial charge on any atom is 0.0790 e. The number of quaternary nitrogens is 1. The van der Waals surface area contributed by atoms with E-state index in [0.717, 1.165) is 5.92 Å². The Morgan fingerprint density at radius 2 is 1.83 bits per heavy atom. The summed E-state index contributed by atoms with van der Waals surface area (Å²) in [7, 11) is 4.60. The average Bonchev–Trinajstić information content (AvgIpc) is 2.05. The summed E-state index contributed by atoms with van der Waals surface area (Å²) in [5.41, 5.74) is 0. The summed E-state index contributed by atoms with van der Waals surface area (Å²) < 4.78 is 1.17. The Morgan fingerprint density at radius 1 is 1.33 bits per heavy atom. The zero-order chi connectivity index (χ0) is 7.78. The third kappa shape index (κ3) is 3.85. The largest absolute Gasteiger partial charge is 0.358 e. The van der Waals surface area contributed by atoms with Crippen LogP contribution in [0.15, 0.2) is 0 Å². The van der Waals surface area contributed by atoms with Crippen molar-refractivity contribution in [2.75, 3.05) is 27.2 Å². The van der Waals surface area contributed by atoms with E-state index in [1.807, 2.05) is 0 Å². The molecule has 0 N–H and O–H groups in total. The molecule has 2 atom stereocenters. The van der Waals surface area contributed by atoms with Crippen molar-refractivity contribution >= 4 is 0 Å². The molecule has 0 aromatic carbocycles. The monoisotopic (exact) mass is 245 g/mol. The van der Waals surface area contributed by atoms with Crippen LogP contribution in [0.25, 0.3) is 0 Å². The minimum atomic E-state index is 0. The SMILES string of the molecule is [CH2-]C1C[N+](C)(C)CC1CC.[CH3-].[Y]. The van der Waals surface area contributed by atoms with Crippen LogP contribution in [-0.2, 0) is 32.7 Å². The molecule has 0 saturated carbocycles. The summed E-state index contributed by atoms with van der Waals surface area (Å²) in [5.74, 6) is 1.56. The fraction of sp³-hybridized carbons (Fsp3) is 0.800. The van der Waals surface area contributed by atoms with Gasteiger partial charge in [0.25, 0.3) is 0 Å². The Bertz CT molecular complexity index is 123. The van der Waals surface area contributed by atoms with Crippen molar-refractivity contribution < 1.29 is 37.2 Å². The van der Waals surface area contributed by atoms with Crippen LogP contribution < -0.4 is 0 Å². The first-order valence-corrected chi connectivity index (χ1v) is 4.20. The van der Waals surface area contributed by atoms with Gasteiger partial charge in [-0.05, 0) is 12.3 Å². The quantitative estimate of drug-likeness (QED) is 0.489. The summed E-state index contributed by atoms with van der Waals surface area (Å²) in [6.07, 6.45) is 1.30. The third-order valence-corrected chi connectivity index (χ3v) is 2.65. The second kappa shape index (κ2) is 5.72. The molecule has 0 aromatic heterocycles. The average molecular weight is 245 g/mol. The van der Waals surface area contributed by atoms with E-state index in [4.69, 9.17) is 0 Å². The van der Waals surface area contributed by atoms with Crippen molar-refractivity contribution in [3.05, 3.63) is 14.4 Å². The molecular formula is C10H22NY-. The van der Waals surface area contributed by atoms with Crippen LogP contribution in [0.3, 0.4) is 0 Å². The van der Waals surface area contributed by atoms with Crippen LogP contribution in [0.1, 0.15) is 13.3 Å². The Balaban J connectivity index is 0. The van der Waals surface area contributed by atoms with Gasteiger partial charge in [0.2, 0.25) is 0 Å². The predicted octanol–water partition coefficient (Wildman–Crippen LogP) is 2.00. The first kappa shape index (κ1) is 15.5. The molecule has 1 fully saturated rings. The van der Waals surface area contributed by atoms with Crippen molar-refractivity contribution in [3.8, 4) is 0 Å². The van der Waals surface area contributed by atoms with Crippen molar-refractivity contribution in [1.82, 2.24) is 0 Å². The van der Waals surface area contributed by atoms with Gasteiger partial charge in [0.1, 0.15) is 0 Å². The van der Waals surface area contributed by atoms with Crippen LogP contribution in [0.4, 0.5) is 0 Å². The second-order valence-electron chi connectivity index (χ2n) is 4.23. The van der Waals surface area contributed by atoms with Gasteiger partial charge in [-0.1, -0.05) is 6.92 Å². The number of nitrogens with zero attached hydrogens (tertiary/aromatic N) is 1. The van der Waals surface area contributed by atoms with Crippen LogP contribution in [0.2, 0.25) is 0 Å². The maximum absolute atomic E-state index is 4.17. The van der Waals surface area contributed by atoms with Gasteiger partial charge >= 0.3 is 0 Å². The first-order valence-electron chi connectivity index (χ1n) is 4.20. The minimum Gasteiger partial charge on any atom is -0.358 e. The second-order valence-corrected chi connectivity index (χ2v) is 4.23. The fourth-order valence-corrected chi connectivity index (χ4v) is 2.10. The minimum absolute atomic E-state index is 0. The summed E-state index contributed by atoms with van der Waals surface area (Å²) >= 11 is 0. The first-order chi connectivity index (χ1) is 4.55. The van der Waals surface area contributed by atoms with Gasteiger partial charge in [-0.3, -0.25) is 0 Å². The predicted molar refractivity (Wildman–Crippen MR) is 50.9 cm³/mol. The van der Waals surface area contributed by atoms with E-state index in [2.05, 4.69) is 27.9 Å². The van der Waals surface area contributed by atoms with Crippen LogP contribution >= 0.6 is 0 Å². The van der Waals surface area contributed by atoms with Crippen molar-refractivity contribution in [2.24, 2.45) is 11.8 Å². The molecule has 1 heterocycles. The molecule has 0 bridgehead atoms. The smallest absolute Gasteiger partial charge is 0.0790 e. The van der Waals surface area contributed by atoms with Crippen molar-refractivity contribution in [3.63, 3.8) is 0 Å². The molecule has 0 aromatic rings. The van der Waals surface area contributed by atoms with Gasteiger partial charge in [-0.15, -0.1) is 5.92 Å². The summed E-state index contributed by atoms with van der Waals surface area (Å²) in [6.45, 7) is 9.03. The van der Waals surface area contributed by atoms with Crippen LogP contribution in [0.5, 0.6) is 0 Å². The molecule has 71 valence electrons. The zero-order valence-corrected chi connectivity index (χ0v) is 11.8. The molecule has 2 unspecified atom stereocenters. The van der Waals surface area contributed by atoms with Gasteiger partial charge < -0.3 is 18.8 Å². The van der Waals surface area contributed by atoms with Crippen molar-refractivity contribution in [2.45, 2.75) is 13.3 Å². The number of hydrogen-bond acceptors (Lipinski definition) is 0. The Morgan fingerprint density at radius 3 is 2.00 bits per heavy atom. The molecule has 0 aliphatic carbocycles. The summed E-state index contributed by atoms with van der Waals surface area (Å²) in [5, 5.41) is 0. The summed E-state index contributed by atoms with van der Waals surface area (Å²) in [4.78, 5) is 0. The molecule has 2 heteroatoms. The molecule has 1 radical (unpaired) electrons. The zero-order valence-electron chi connectivity index (χ0n) is 9.01. The molecule has 0 spiro atoms. The van der Waals surface area contributed by atoms with Gasteiger partial charge in [0.15, 0.2) is 0 Å². The normalized spacial score (nSPS) is 32.0. The molecule has 1 aliphatic rings. The van der Waals surface area contributed by atoms with Gasteiger partial charge in [0.05, 0.1) is 27.2 Å². The maximum atomic E-state index is 4.17. The molecule has 0 amide bonds. The van der Waals surface area contributed by atoms with Crippen LogP contribution in [-0.4, -0.2) is 31.7 Å². The van der Waals surface area contributed by atoms with Gasteiger partial charge in [0, 0.05) is 32.7 Å². The summed E-state index contributed by atoms with van der Waals surface area (Å²) in [6, 6.07) is 0. The Labute approximate surface area is 103 Å². The Kier molecular flexibility index (Phi) is 7.41. The Hall–Kier alpha value is 1.06. The molecule has 1 aliphatic heterocycles. The van der Waals surface area contributed by atoms with E-state index in [0.29, 0.717) is 5.92 Å². The van der Waals surface area contributed by atoms with E-state index >= 15 is 0 Å². The number of likely N-dealkylation sites (tertiary alicyclic amines) is 1. The van der Waals surface area contributed by atoms with Crippen LogP contribution in [0, 0.1) is 26.2 Å². The van der Waals surface area contributed by atoms with E-state index in [-0.39, 0.29) is 40.1 Å². The number of rotatable bonds is 1. The van der Waals surface area contributed by atoms with Gasteiger partial charge in [-0.2, -0.15) is 0 Å². The third-order valence-electron chi connectivity index (χ3n) is 2.65. The van der Waals surface area contributed by atoms with E-state index in [1.54, 1.807) is 0 Å². The molecule has 1 rings (SSSR count). The topological polar surface area (TPSA) is 0 Å².